The molecule has 0 bridgehead atoms. The summed E-state index contributed by atoms with van der Waals surface area (Å²) < 4.78 is 41.3. The number of carbonyl (C=O) groups is 2. The van der Waals surface area contributed by atoms with Gasteiger partial charge in [0, 0.05) is 38.2 Å². The molecule has 50 heavy (non-hydrogen) atoms. The number of cyclic esters (lactones) is 1. The molecule has 3 N–H and O–H groups in total. The first-order chi connectivity index (χ1) is 23.6. The molecule has 2 saturated heterocycles. The number of rotatable bonds is 9. The van der Waals surface area contributed by atoms with E-state index in [-0.39, 0.29) is 48.7 Å². The average Bonchev–Trinajstić information content (AvgIpc) is 3.07. The number of esters is 1. The summed E-state index contributed by atoms with van der Waals surface area (Å²) >= 11 is 0. The predicted molar refractivity (Wildman–Crippen MR) is 185 cm³/mol. The molecule has 15 atom stereocenters. The zero-order chi connectivity index (χ0) is 37.3. The number of aliphatic hydroxyl groups excluding tert-OH is 2. The van der Waals surface area contributed by atoms with Crippen molar-refractivity contribution in [1.82, 2.24) is 4.90 Å². The molecule has 3 aliphatic rings. The fourth-order valence-corrected chi connectivity index (χ4v) is 7.09. The lowest BCUT2D eigenvalue weighted by Crippen LogP contribution is -2.59. The van der Waals surface area contributed by atoms with Crippen molar-refractivity contribution in [2.75, 3.05) is 34.9 Å². The Morgan fingerprint density at radius 1 is 0.900 bits per heavy atom. The minimum Gasteiger partial charge on any atom is -0.456 e. The molecule has 3 aliphatic heterocycles. The van der Waals surface area contributed by atoms with Crippen LogP contribution in [-0.2, 0) is 42.7 Å². The van der Waals surface area contributed by atoms with Crippen LogP contribution >= 0.6 is 0 Å². The van der Waals surface area contributed by atoms with Gasteiger partial charge in [-0.25, -0.2) is 4.79 Å². The first kappa shape index (κ1) is 42.4. The van der Waals surface area contributed by atoms with E-state index in [1.165, 1.54) is 44.6 Å². The third-order valence-electron chi connectivity index (χ3n) is 10.1. The molecule has 3 heterocycles. The molecule has 0 aromatic carbocycles. The van der Waals surface area contributed by atoms with Gasteiger partial charge in [-0.3, -0.25) is 4.79 Å². The van der Waals surface area contributed by atoms with Gasteiger partial charge in [0.25, 0.3) is 0 Å². The van der Waals surface area contributed by atoms with E-state index in [0.717, 1.165) is 0 Å². The second kappa shape index (κ2) is 19.2. The molecule has 0 amide bonds. The van der Waals surface area contributed by atoms with E-state index in [9.17, 15) is 24.9 Å². The highest BCUT2D eigenvalue weighted by Crippen LogP contribution is 2.32. The number of ketones is 1. The molecule has 0 radical (unpaired) electrons. The quantitative estimate of drug-likeness (QED) is 0.300. The monoisotopic (exact) mass is 711 g/mol. The summed E-state index contributed by atoms with van der Waals surface area (Å²) in [6.07, 6.45) is 2.53. The fraction of sp³-hybridized carbons (Fsp3) is 0.784. The van der Waals surface area contributed by atoms with Gasteiger partial charge >= 0.3 is 5.97 Å². The molecule has 13 nitrogen and oxygen atoms in total. The zero-order valence-electron chi connectivity index (χ0n) is 31.3. The Morgan fingerprint density at radius 2 is 1.58 bits per heavy atom. The Bertz CT molecular complexity index is 1180. The number of methoxy groups -OCH3 is 2. The van der Waals surface area contributed by atoms with Gasteiger partial charge in [0.05, 0.1) is 24.9 Å². The number of nitrogens with zero attached hydrogens (tertiary/aromatic N) is 1. The number of hydrogen-bond acceptors (Lipinski definition) is 13. The van der Waals surface area contributed by atoms with Gasteiger partial charge in [0.1, 0.15) is 36.1 Å². The third kappa shape index (κ3) is 10.8. The van der Waals surface area contributed by atoms with Crippen LogP contribution in [0.2, 0.25) is 0 Å². The maximum absolute atomic E-state index is 13.3. The maximum atomic E-state index is 13.3. The van der Waals surface area contributed by atoms with Crippen LogP contribution < -0.4 is 0 Å². The van der Waals surface area contributed by atoms with Crippen molar-refractivity contribution < 1.29 is 58.1 Å². The van der Waals surface area contributed by atoms with E-state index >= 15 is 0 Å². The standard InChI is InChI=1S/C37H61NO12/c1-11-28-37(43,20-46-36-34(45-10)33(44-9)30(41)25(6)48-36)17-13-12-14-27(39)22(3)18-23(4)32(21(2)15-16-29(40)49-28)50-35-31(42)26(38(7)8)19-24(5)47-35/h12-17,21-26,28,30-36,41-43H,11,18-20H2,1-10H3. The minimum absolute atomic E-state index is 0.110. The van der Waals surface area contributed by atoms with Crippen LogP contribution in [0, 0.1) is 17.8 Å². The number of carbonyl (C=O) groups excluding carboxylic acids is 2. The molecule has 286 valence electrons. The molecule has 15 unspecified atom stereocenters. The zero-order valence-corrected chi connectivity index (χ0v) is 31.3. The van der Waals surface area contributed by atoms with Gasteiger partial charge in [-0.15, -0.1) is 0 Å². The number of aliphatic hydroxyl groups is 3. The summed E-state index contributed by atoms with van der Waals surface area (Å²) in [5.41, 5.74) is -1.85. The Balaban J connectivity index is 1.90. The lowest BCUT2D eigenvalue weighted by atomic mass is 9.84. The SMILES string of the molecule is CCC1OC(=O)C=CC(C)C(OC2OC(C)CC(N(C)C)C2O)C(C)CC(C)C(=O)C=CC=CC1(O)COC1OC(C)C(O)C(OC)C1OC. The number of hydrogen-bond donors (Lipinski definition) is 3. The van der Waals surface area contributed by atoms with Crippen molar-refractivity contribution in [3.63, 3.8) is 0 Å². The van der Waals surface area contributed by atoms with Gasteiger partial charge in [0.2, 0.25) is 0 Å². The van der Waals surface area contributed by atoms with Gasteiger partial charge in [-0.1, -0.05) is 45.9 Å². The van der Waals surface area contributed by atoms with Crippen LogP contribution in [0.25, 0.3) is 0 Å². The van der Waals surface area contributed by atoms with E-state index in [4.69, 9.17) is 33.2 Å². The second-order valence-corrected chi connectivity index (χ2v) is 14.4. The molecule has 3 rings (SSSR count). The third-order valence-corrected chi connectivity index (χ3v) is 10.1. The van der Waals surface area contributed by atoms with E-state index in [1.807, 2.05) is 46.7 Å². The van der Waals surface area contributed by atoms with Crippen LogP contribution in [0.4, 0.5) is 0 Å². The highest BCUT2D eigenvalue weighted by molar-refractivity contribution is 5.91. The molecule has 0 aromatic heterocycles. The highest BCUT2D eigenvalue weighted by Gasteiger charge is 2.47. The normalized spacial score (nSPS) is 42.5. The summed E-state index contributed by atoms with van der Waals surface area (Å²) in [5.74, 6) is -1.66. The van der Waals surface area contributed by atoms with Crippen LogP contribution in [0.1, 0.15) is 60.8 Å². The molecular formula is C37H61NO12. The van der Waals surface area contributed by atoms with Crippen molar-refractivity contribution in [3.8, 4) is 0 Å². The topological polar surface area (TPSA) is 163 Å². The fourth-order valence-electron chi connectivity index (χ4n) is 7.09. The predicted octanol–water partition coefficient (Wildman–Crippen LogP) is 2.55. The molecule has 13 heteroatoms. The van der Waals surface area contributed by atoms with E-state index in [1.54, 1.807) is 19.9 Å². The smallest absolute Gasteiger partial charge is 0.330 e. The lowest BCUT2D eigenvalue weighted by Gasteiger charge is -2.43. The van der Waals surface area contributed by atoms with Crippen LogP contribution in [0.15, 0.2) is 36.5 Å². The summed E-state index contributed by atoms with van der Waals surface area (Å²) in [4.78, 5) is 28.5. The van der Waals surface area contributed by atoms with Crippen molar-refractivity contribution in [2.45, 2.75) is 134 Å². The van der Waals surface area contributed by atoms with Crippen molar-refractivity contribution in [3.05, 3.63) is 36.5 Å². The van der Waals surface area contributed by atoms with Gasteiger partial charge < -0.3 is 53.4 Å². The van der Waals surface area contributed by atoms with Gasteiger partial charge in [0.15, 0.2) is 18.4 Å². The Kier molecular flexibility index (Phi) is 16.2. The average molecular weight is 712 g/mol. The van der Waals surface area contributed by atoms with Crippen LogP contribution in [0.5, 0.6) is 0 Å². The number of likely N-dealkylation sites (N-methyl/N-ethyl adjacent to an activating group) is 1. The molecule has 0 aromatic rings. The lowest BCUT2D eigenvalue weighted by molar-refractivity contribution is -0.310. The summed E-state index contributed by atoms with van der Waals surface area (Å²) in [6, 6.07) is -0.167. The van der Waals surface area contributed by atoms with Crippen molar-refractivity contribution in [1.29, 1.82) is 0 Å². The van der Waals surface area contributed by atoms with Gasteiger partial charge in [-0.05, 0) is 65.3 Å². The van der Waals surface area contributed by atoms with Crippen molar-refractivity contribution >= 4 is 11.8 Å². The highest BCUT2D eigenvalue weighted by atomic mass is 16.7. The summed E-state index contributed by atoms with van der Waals surface area (Å²) in [6.45, 7) is 10.7. The molecule has 0 saturated carbocycles. The van der Waals surface area contributed by atoms with Crippen LogP contribution in [-0.4, -0.2) is 140 Å². The van der Waals surface area contributed by atoms with Crippen molar-refractivity contribution in [2.24, 2.45) is 17.8 Å². The molecule has 0 aliphatic carbocycles. The number of allylic oxidation sites excluding steroid dienone is 3. The van der Waals surface area contributed by atoms with E-state index in [2.05, 4.69) is 0 Å². The minimum atomic E-state index is -1.85. The first-order valence-electron chi connectivity index (χ1n) is 17.7. The maximum Gasteiger partial charge on any atom is 0.330 e. The van der Waals surface area contributed by atoms with E-state index < -0.39 is 66.9 Å². The van der Waals surface area contributed by atoms with Gasteiger partial charge in [-0.2, -0.15) is 0 Å². The second-order valence-electron chi connectivity index (χ2n) is 14.4. The van der Waals surface area contributed by atoms with Crippen LogP contribution in [0.3, 0.4) is 0 Å². The molecule has 2 fully saturated rings. The Labute approximate surface area is 297 Å². The van der Waals surface area contributed by atoms with E-state index in [0.29, 0.717) is 12.8 Å². The molecular weight excluding hydrogens is 650 g/mol. The number of ether oxygens (including phenoxy) is 7. The molecule has 0 spiro atoms. The Morgan fingerprint density at radius 3 is 2.20 bits per heavy atom. The summed E-state index contributed by atoms with van der Waals surface area (Å²) in [5, 5.41) is 33.7. The summed E-state index contributed by atoms with van der Waals surface area (Å²) in [7, 11) is 6.70. The first-order valence-corrected chi connectivity index (χ1v) is 17.7. The largest absolute Gasteiger partial charge is 0.456 e. The Hall–Kier alpha value is -2.04.